The molecule has 0 saturated heterocycles. The average Bonchev–Trinajstić information content (AvgIpc) is 3.05. The molecule has 0 aliphatic heterocycles. The Bertz CT molecular complexity index is 316. The third-order valence-electron chi connectivity index (χ3n) is 3.16. The van der Waals surface area contributed by atoms with E-state index >= 15 is 0 Å². The van der Waals surface area contributed by atoms with Gasteiger partial charge in [0.05, 0.1) is 0 Å². The molecule has 1 fully saturated rings. The minimum atomic E-state index is 0.325. The predicted molar refractivity (Wildman–Crippen MR) is 61.6 cm³/mol. The van der Waals surface area contributed by atoms with E-state index in [1.165, 1.54) is 18.4 Å². The van der Waals surface area contributed by atoms with E-state index < -0.39 is 0 Å². The lowest BCUT2D eigenvalue weighted by molar-refractivity contribution is 0.239. The Hall–Kier alpha value is -0.930. The molecule has 15 heavy (non-hydrogen) atoms. The highest BCUT2D eigenvalue weighted by molar-refractivity contribution is 5.18. The molecule has 3 heteroatoms. The highest BCUT2D eigenvalue weighted by Crippen LogP contribution is 2.32. The minimum absolute atomic E-state index is 0.325. The SMILES string of the molecule is Cc1ccc(C(CN)N(C)C2CC2)cn1. The van der Waals surface area contributed by atoms with E-state index in [1.54, 1.807) is 0 Å². The van der Waals surface area contributed by atoms with Gasteiger partial charge in [-0.2, -0.15) is 0 Å². The summed E-state index contributed by atoms with van der Waals surface area (Å²) < 4.78 is 0. The first-order valence-corrected chi connectivity index (χ1v) is 5.57. The third kappa shape index (κ3) is 2.36. The lowest BCUT2D eigenvalue weighted by Gasteiger charge is -2.26. The fourth-order valence-electron chi connectivity index (χ4n) is 1.95. The molecule has 0 radical (unpaired) electrons. The molecule has 0 amide bonds. The number of aromatic nitrogens is 1. The van der Waals surface area contributed by atoms with Crippen LogP contribution in [0.1, 0.15) is 30.1 Å². The van der Waals surface area contributed by atoms with Crippen LogP contribution in [0.3, 0.4) is 0 Å². The molecule has 2 N–H and O–H groups in total. The first-order chi connectivity index (χ1) is 7.22. The Kier molecular flexibility index (Phi) is 3.03. The number of rotatable bonds is 4. The maximum atomic E-state index is 5.84. The molecule has 1 aromatic rings. The summed E-state index contributed by atoms with van der Waals surface area (Å²) in [6.07, 6.45) is 4.57. The van der Waals surface area contributed by atoms with Gasteiger partial charge in [0.2, 0.25) is 0 Å². The van der Waals surface area contributed by atoms with Crippen molar-refractivity contribution in [2.45, 2.75) is 31.8 Å². The molecule has 1 aliphatic rings. The van der Waals surface area contributed by atoms with Gasteiger partial charge in [0.25, 0.3) is 0 Å². The van der Waals surface area contributed by atoms with Gasteiger partial charge in [-0.1, -0.05) is 6.07 Å². The van der Waals surface area contributed by atoms with Crippen molar-refractivity contribution in [1.29, 1.82) is 0 Å². The van der Waals surface area contributed by atoms with Crippen molar-refractivity contribution in [2.24, 2.45) is 5.73 Å². The van der Waals surface area contributed by atoms with E-state index in [9.17, 15) is 0 Å². The smallest absolute Gasteiger partial charge is 0.0485 e. The summed E-state index contributed by atoms with van der Waals surface area (Å²) in [4.78, 5) is 6.71. The minimum Gasteiger partial charge on any atom is -0.329 e. The number of nitrogens with two attached hydrogens (primary N) is 1. The zero-order chi connectivity index (χ0) is 10.8. The molecule has 1 heterocycles. The normalized spacial score (nSPS) is 18.1. The monoisotopic (exact) mass is 205 g/mol. The van der Waals surface area contributed by atoms with Crippen molar-refractivity contribution in [3.05, 3.63) is 29.6 Å². The molecule has 3 nitrogen and oxygen atoms in total. The van der Waals surface area contributed by atoms with Crippen molar-refractivity contribution in [3.63, 3.8) is 0 Å². The lowest BCUT2D eigenvalue weighted by atomic mass is 10.1. The van der Waals surface area contributed by atoms with Crippen LogP contribution in [-0.4, -0.2) is 29.5 Å². The van der Waals surface area contributed by atoms with Gasteiger partial charge >= 0.3 is 0 Å². The van der Waals surface area contributed by atoms with Crippen molar-refractivity contribution in [2.75, 3.05) is 13.6 Å². The van der Waals surface area contributed by atoms with Crippen molar-refractivity contribution in [3.8, 4) is 0 Å². The van der Waals surface area contributed by atoms with Crippen LogP contribution in [0.4, 0.5) is 0 Å². The molecule has 1 atom stereocenters. The number of likely N-dealkylation sites (N-methyl/N-ethyl adjacent to an activating group) is 1. The largest absolute Gasteiger partial charge is 0.329 e. The fourth-order valence-corrected chi connectivity index (χ4v) is 1.95. The van der Waals surface area contributed by atoms with E-state index in [1.807, 2.05) is 13.1 Å². The lowest BCUT2D eigenvalue weighted by Crippen LogP contribution is -2.32. The van der Waals surface area contributed by atoms with Crippen LogP contribution in [0.25, 0.3) is 0 Å². The molecule has 1 unspecified atom stereocenters. The van der Waals surface area contributed by atoms with Crippen LogP contribution in [-0.2, 0) is 0 Å². The molecule has 1 aromatic heterocycles. The Morgan fingerprint density at radius 1 is 1.53 bits per heavy atom. The number of hydrogen-bond donors (Lipinski definition) is 1. The van der Waals surface area contributed by atoms with Crippen molar-refractivity contribution < 1.29 is 0 Å². The van der Waals surface area contributed by atoms with E-state index in [4.69, 9.17) is 5.73 Å². The van der Waals surface area contributed by atoms with E-state index in [0.29, 0.717) is 12.6 Å². The highest BCUT2D eigenvalue weighted by Gasteiger charge is 2.31. The Balaban J connectivity index is 2.14. The second-order valence-electron chi connectivity index (χ2n) is 4.38. The standard InChI is InChI=1S/C12H19N3/c1-9-3-4-10(8-14-9)12(7-13)15(2)11-5-6-11/h3-4,8,11-12H,5-7,13H2,1-2H3. The maximum absolute atomic E-state index is 5.84. The van der Waals surface area contributed by atoms with Crippen LogP contribution in [0.2, 0.25) is 0 Å². The van der Waals surface area contributed by atoms with Crippen LogP contribution in [0, 0.1) is 6.92 Å². The summed E-state index contributed by atoms with van der Waals surface area (Å²) in [6.45, 7) is 2.67. The molecular weight excluding hydrogens is 186 g/mol. The van der Waals surface area contributed by atoms with Crippen molar-refractivity contribution >= 4 is 0 Å². The van der Waals surface area contributed by atoms with Gasteiger partial charge in [0.15, 0.2) is 0 Å². The van der Waals surface area contributed by atoms with Gasteiger partial charge in [-0.25, -0.2) is 0 Å². The Labute approximate surface area is 91.3 Å². The number of aryl methyl sites for hydroxylation is 1. The van der Waals surface area contributed by atoms with Crippen LogP contribution >= 0.6 is 0 Å². The topological polar surface area (TPSA) is 42.1 Å². The predicted octanol–water partition coefficient (Wildman–Crippen LogP) is 1.48. The van der Waals surface area contributed by atoms with Crippen LogP contribution in [0.15, 0.2) is 18.3 Å². The maximum Gasteiger partial charge on any atom is 0.0485 e. The van der Waals surface area contributed by atoms with Gasteiger partial charge in [0.1, 0.15) is 0 Å². The van der Waals surface area contributed by atoms with Gasteiger partial charge in [-0.3, -0.25) is 9.88 Å². The first kappa shape index (κ1) is 10.6. The quantitative estimate of drug-likeness (QED) is 0.809. The highest BCUT2D eigenvalue weighted by atomic mass is 15.2. The summed E-state index contributed by atoms with van der Waals surface area (Å²) in [7, 11) is 2.16. The summed E-state index contributed by atoms with van der Waals surface area (Å²) in [5.41, 5.74) is 8.13. The number of hydrogen-bond acceptors (Lipinski definition) is 3. The van der Waals surface area contributed by atoms with Crippen LogP contribution in [0.5, 0.6) is 0 Å². The van der Waals surface area contributed by atoms with Crippen LogP contribution < -0.4 is 5.73 Å². The van der Waals surface area contributed by atoms with Gasteiger partial charge in [-0.05, 0) is 38.4 Å². The first-order valence-electron chi connectivity index (χ1n) is 5.57. The zero-order valence-corrected chi connectivity index (χ0v) is 9.48. The Morgan fingerprint density at radius 2 is 2.27 bits per heavy atom. The third-order valence-corrected chi connectivity index (χ3v) is 3.16. The molecule has 0 aromatic carbocycles. The molecule has 1 saturated carbocycles. The molecular formula is C12H19N3. The summed E-state index contributed by atoms with van der Waals surface area (Å²) in [6, 6.07) is 5.25. The van der Waals surface area contributed by atoms with E-state index in [-0.39, 0.29) is 0 Å². The Morgan fingerprint density at radius 3 is 2.73 bits per heavy atom. The average molecular weight is 205 g/mol. The molecule has 2 rings (SSSR count). The zero-order valence-electron chi connectivity index (χ0n) is 9.48. The second-order valence-corrected chi connectivity index (χ2v) is 4.38. The molecule has 0 spiro atoms. The summed E-state index contributed by atoms with van der Waals surface area (Å²) in [5, 5.41) is 0. The summed E-state index contributed by atoms with van der Waals surface area (Å²) >= 11 is 0. The van der Waals surface area contributed by atoms with Gasteiger partial charge < -0.3 is 5.73 Å². The number of nitrogens with zero attached hydrogens (tertiary/aromatic N) is 2. The molecule has 82 valence electrons. The fraction of sp³-hybridized carbons (Fsp3) is 0.583. The van der Waals surface area contributed by atoms with Crippen molar-refractivity contribution in [1.82, 2.24) is 9.88 Å². The molecule has 0 bridgehead atoms. The number of pyridine rings is 1. The second kappa shape index (κ2) is 4.29. The van der Waals surface area contributed by atoms with Gasteiger partial charge in [-0.15, -0.1) is 0 Å². The van der Waals surface area contributed by atoms with E-state index in [0.717, 1.165) is 11.7 Å². The van der Waals surface area contributed by atoms with E-state index in [2.05, 4.69) is 29.1 Å². The molecule has 1 aliphatic carbocycles. The van der Waals surface area contributed by atoms with Gasteiger partial charge in [0, 0.05) is 30.5 Å². The summed E-state index contributed by atoms with van der Waals surface area (Å²) in [5.74, 6) is 0.